The highest BCUT2D eigenvalue weighted by molar-refractivity contribution is 6.20. The minimum Gasteiger partial charge on any atom is -0.479 e. The summed E-state index contributed by atoms with van der Waals surface area (Å²) in [6, 6.07) is -1.74. The minimum atomic E-state index is -1.31. The number of carboxylic acid groups (broad SMARTS) is 1. The quantitative estimate of drug-likeness (QED) is 0.223. The lowest BCUT2D eigenvalue weighted by molar-refractivity contribution is -0.146. The zero-order valence-electron chi connectivity index (χ0n) is 32.4. The summed E-state index contributed by atoms with van der Waals surface area (Å²) in [5, 5.41) is 18.3. The number of hydrogen-bond donors (Lipinski definition) is 5. The predicted molar refractivity (Wildman–Crippen MR) is 201 cm³/mol. The van der Waals surface area contributed by atoms with Crippen molar-refractivity contribution in [2.45, 2.75) is 190 Å². The Morgan fingerprint density at radius 1 is 0.906 bits per heavy atom. The molecule has 3 heterocycles. The summed E-state index contributed by atoms with van der Waals surface area (Å²) in [5.74, 6) is -1.11. The van der Waals surface area contributed by atoms with E-state index in [9.17, 15) is 24.3 Å². The number of carbonyl (C=O) groups excluding carboxylic acids is 3. The summed E-state index contributed by atoms with van der Waals surface area (Å²) in [7, 11) is 0. The molecule has 4 unspecified atom stereocenters. The van der Waals surface area contributed by atoms with Crippen molar-refractivity contribution in [2.75, 3.05) is 13.2 Å². The molecule has 0 spiro atoms. The molecule has 3 saturated heterocycles. The molecule has 3 amide bonds. The molecule has 3 aliphatic heterocycles. The molecule has 9 atom stereocenters. The van der Waals surface area contributed by atoms with Crippen LogP contribution in [0.4, 0.5) is 4.79 Å². The summed E-state index contributed by atoms with van der Waals surface area (Å²) >= 11 is 6.75. The van der Waals surface area contributed by atoms with E-state index in [4.69, 9.17) is 21.1 Å². The highest BCUT2D eigenvalue weighted by atomic mass is 35.5. The molecule has 53 heavy (non-hydrogen) atoms. The maximum Gasteiger partial charge on any atom is 0.408 e. The van der Waals surface area contributed by atoms with Crippen LogP contribution < -0.4 is 21.5 Å². The molecule has 0 radical (unpaired) electrons. The van der Waals surface area contributed by atoms with Gasteiger partial charge in [0, 0.05) is 30.6 Å². The van der Waals surface area contributed by atoms with Crippen molar-refractivity contribution in [2.24, 2.45) is 17.8 Å². The van der Waals surface area contributed by atoms with E-state index in [0.717, 1.165) is 96.5 Å². The van der Waals surface area contributed by atoms with Crippen molar-refractivity contribution in [3.8, 4) is 0 Å². The largest absolute Gasteiger partial charge is 0.479 e. The van der Waals surface area contributed by atoms with Gasteiger partial charge in [-0.25, -0.2) is 20.4 Å². The Morgan fingerprint density at radius 3 is 2.25 bits per heavy atom. The molecule has 0 bridgehead atoms. The summed E-state index contributed by atoms with van der Waals surface area (Å²) < 4.78 is 11.5. The fourth-order valence-corrected chi connectivity index (χ4v) is 10.4. The van der Waals surface area contributed by atoms with E-state index in [1.165, 1.54) is 0 Å². The van der Waals surface area contributed by atoms with Crippen molar-refractivity contribution in [3.63, 3.8) is 0 Å². The zero-order valence-corrected chi connectivity index (χ0v) is 33.1. The molecule has 0 aromatic carbocycles. The monoisotopic (exact) mass is 764 g/mol. The second-order valence-corrected chi connectivity index (χ2v) is 18.4. The minimum absolute atomic E-state index is 0.125. The number of alkyl halides is 1. The van der Waals surface area contributed by atoms with E-state index < -0.39 is 41.2 Å². The van der Waals surface area contributed by atoms with Crippen molar-refractivity contribution in [1.82, 2.24) is 31.5 Å². The molecule has 13 nitrogen and oxygen atoms in total. The Morgan fingerprint density at radius 2 is 1.58 bits per heavy atom. The van der Waals surface area contributed by atoms with Crippen molar-refractivity contribution in [1.29, 1.82) is 0 Å². The molecule has 6 aliphatic rings. The first-order chi connectivity index (χ1) is 25.3. The van der Waals surface area contributed by atoms with E-state index in [0.29, 0.717) is 37.2 Å². The number of carbonyl (C=O) groups is 4. The second-order valence-electron chi connectivity index (χ2n) is 17.8. The molecule has 5 N–H and O–H groups in total. The number of nitrogens with one attached hydrogen (secondary N) is 4. The third-order valence-corrected chi connectivity index (χ3v) is 13.2. The van der Waals surface area contributed by atoms with Gasteiger partial charge in [0.05, 0.1) is 12.1 Å². The van der Waals surface area contributed by atoms with Crippen LogP contribution in [0.1, 0.15) is 137 Å². The van der Waals surface area contributed by atoms with E-state index in [-0.39, 0.29) is 41.9 Å². The first-order valence-electron chi connectivity index (χ1n) is 20.7. The molecule has 14 heteroatoms. The summed E-state index contributed by atoms with van der Waals surface area (Å²) in [5.41, 5.74) is 5.63. The van der Waals surface area contributed by atoms with Gasteiger partial charge in [-0.15, -0.1) is 11.6 Å². The van der Waals surface area contributed by atoms with Gasteiger partial charge in [0.2, 0.25) is 11.8 Å². The molecule has 0 aromatic heterocycles. The number of amides is 3. The van der Waals surface area contributed by atoms with Gasteiger partial charge in [-0.2, -0.15) is 5.12 Å². The smallest absolute Gasteiger partial charge is 0.408 e. The van der Waals surface area contributed by atoms with Crippen molar-refractivity contribution in [3.05, 3.63) is 0 Å². The lowest BCUT2D eigenvalue weighted by Gasteiger charge is -2.38. The summed E-state index contributed by atoms with van der Waals surface area (Å²) in [6.07, 6.45) is 14.2. The Kier molecular flexibility index (Phi) is 13.2. The number of hydrogen-bond acceptors (Lipinski definition) is 9. The van der Waals surface area contributed by atoms with Crippen LogP contribution in [0.3, 0.4) is 0 Å². The van der Waals surface area contributed by atoms with E-state index in [2.05, 4.69) is 33.5 Å². The zero-order chi connectivity index (χ0) is 37.9. The molecule has 3 aliphatic carbocycles. The average Bonchev–Trinajstić information content (AvgIpc) is 3.40. The third-order valence-electron chi connectivity index (χ3n) is 12.8. The normalized spacial score (nSPS) is 39.2. The number of alkyl carbamates (subject to hydrolysis) is 1. The fraction of sp³-hybridized carbons (Fsp3) is 0.897. The summed E-state index contributed by atoms with van der Waals surface area (Å²) in [4.78, 5) is 56.1. The number of nitrogens with zero attached hydrogens (tertiary/aromatic N) is 2. The van der Waals surface area contributed by atoms with Gasteiger partial charge in [0.1, 0.15) is 23.2 Å². The average molecular weight is 765 g/mol. The fourth-order valence-electron chi connectivity index (χ4n) is 9.99. The molecule has 300 valence electrons. The van der Waals surface area contributed by atoms with Crippen LogP contribution in [0.5, 0.6) is 0 Å². The maximum atomic E-state index is 14.6. The Bertz CT molecular complexity index is 1310. The molecular weight excluding hydrogens is 700 g/mol. The van der Waals surface area contributed by atoms with Gasteiger partial charge < -0.3 is 30.1 Å². The lowest BCUT2D eigenvalue weighted by atomic mass is 9.74. The Labute approximate surface area is 320 Å². The van der Waals surface area contributed by atoms with Crippen molar-refractivity contribution < 1.29 is 33.8 Å². The standard InChI is InChI=1S/C39H65ClN6O7/c1-5-52-29-18-16-24(17-19-29)32-33(25-12-11-14-27(40)20-25)44-46(43-32)28-21-31-34(47)42-39(36(49)50)22-26(39)13-9-7-6-8-10-15-30(35(48)45(31)23-28)41-37(51)53-38(2,3)4/h24-33,43-44H,5-23H2,1-4H3,(H,41,51)(H,42,47)(H,49,50)/t24?,25?,26-,27?,28+,29?,30-,31+,32?,33?,39+/m1/s1. The van der Waals surface area contributed by atoms with Gasteiger partial charge in [0.25, 0.3) is 0 Å². The summed E-state index contributed by atoms with van der Waals surface area (Å²) in [6.45, 7) is 8.36. The van der Waals surface area contributed by atoms with Crippen molar-refractivity contribution >= 4 is 35.5 Å². The maximum absolute atomic E-state index is 14.6. The van der Waals surface area contributed by atoms with Gasteiger partial charge >= 0.3 is 12.1 Å². The third kappa shape index (κ3) is 9.80. The molecule has 3 saturated carbocycles. The lowest BCUT2D eigenvalue weighted by Crippen LogP contribution is -2.56. The molecular formula is C39H65ClN6O7. The first-order valence-corrected chi connectivity index (χ1v) is 21.1. The number of ether oxygens (including phenoxy) is 2. The van der Waals surface area contributed by atoms with E-state index >= 15 is 0 Å². The van der Waals surface area contributed by atoms with Gasteiger partial charge in [-0.05, 0) is 116 Å². The number of aliphatic carboxylic acids is 1. The predicted octanol–water partition coefficient (Wildman–Crippen LogP) is 5.01. The number of rotatable bonds is 7. The molecule has 0 aromatic rings. The van der Waals surface area contributed by atoms with Crippen LogP contribution in [0.25, 0.3) is 0 Å². The molecule has 6 fully saturated rings. The van der Waals surface area contributed by atoms with Gasteiger partial charge in [0.15, 0.2) is 0 Å². The SMILES string of the molecule is CCOC1CCC(C2NN([C@H]3C[C@H]4C(=O)N[C@@]5(C(=O)O)C[C@H]5CCCCCCC[C@@H](NC(=O)OC(C)(C)C)C(=O)N4C3)NC2C2CCCC(Cl)C2)CC1. The number of fused-ring (bicyclic) bond motifs is 2. The van der Waals surface area contributed by atoms with Crippen LogP contribution in [-0.4, -0.2) is 105 Å². The van der Waals surface area contributed by atoms with Crippen LogP contribution >= 0.6 is 11.6 Å². The van der Waals surface area contributed by atoms with Crippen LogP contribution in [0, 0.1) is 17.8 Å². The topological polar surface area (TPSA) is 162 Å². The Balaban J connectivity index is 1.25. The number of carboxylic acids is 1. The van der Waals surface area contributed by atoms with Gasteiger partial charge in [-0.3, -0.25) is 9.59 Å². The first kappa shape index (κ1) is 40.5. The Hall–Kier alpha value is -2.19. The van der Waals surface area contributed by atoms with Crippen LogP contribution in [0.15, 0.2) is 0 Å². The van der Waals surface area contributed by atoms with Crippen LogP contribution in [-0.2, 0) is 23.9 Å². The van der Waals surface area contributed by atoms with E-state index in [1.54, 1.807) is 25.7 Å². The highest BCUT2D eigenvalue weighted by Gasteiger charge is 2.62. The second kappa shape index (κ2) is 17.3. The molecule has 6 rings (SSSR count). The number of hydrazine groups is 2. The van der Waals surface area contributed by atoms with Gasteiger partial charge in [-0.1, -0.05) is 38.5 Å². The van der Waals surface area contributed by atoms with Crippen LogP contribution in [0.2, 0.25) is 0 Å². The highest BCUT2D eigenvalue weighted by Crippen LogP contribution is 2.48. The van der Waals surface area contributed by atoms with E-state index in [1.807, 2.05) is 0 Å². The number of halogens is 1.